The molecule has 29 heavy (non-hydrogen) atoms. The lowest BCUT2D eigenvalue weighted by molar-refractivity contribution is -0.126. The van der Waals surface area contributed by atoms with Gasteiger partial charge >= 0.3 is 0 Å². The zero-order valence-electron chi connectivity index (χ0n) is 15.8. The Bertz CT molecular complexity index is 934. The molecule has 0 unspecified atom stereocenters. The molecule has 2 heterocycles. The van der Waals surface area contributed by atoms with Crippen LogP contribution in [0.5, 0.6) is 11.5 Å². The summed E-state index contributed by atoms with van der Waals surface area (Å²) in [5.41, 5.74) is 1.29. The van der Waals surface area contributed by atoms with Gasteiger partial charge in [-0.2, -0.15) is 0 Å². The van der Waals surface area contributed by atoms with Crippen LogP contribution in [-0.2, 0) is 4.79 Å². The first-order valence-electron chi connectivity index (χ1n) is 9.51. The van der Waals surface area contributed by atoms with E-state index in [-0.39, 0.29) is 30.5 Å². The normalized spacial score (nSPS) is 16.2. The largest absolute Gasteiger partial charge is 0.454 e. The Labute approximate surface area is 167 Å². The summed E-state index contributed by atoms with van der Waals surface area (Å²) in [6.45, 7) is 1.35. The third kappa shape index (κ3) is 4.56. The molecule has 2 aromatic rings. The Kier molecular flexibility index (Phi) is 5.46. The highest BCUT2D eigenvalue weighted by Crippen LogP contribution is 2.32. The van der Waals surface area contributed by atoms with Gasteiger partial charge in [-0.05, 0) is 60.9 Å². The maximum atomic E-state index is 13.0. The van der Waals surface area contributed by atoms with Gasteiger partial charge in [-0.25, -0.2) is 4.39 Å². The summed E-state index contributed by atoms with van der Waals surface area (Å²) in [5, 5.41) is 2.95. The number of rotatable bonds is 4. The maximum absolute atomic E-state index is 13.0. The number of nitrogens with one attached hydrogen (secondary N) is 1. The molecular formula is C22H21FN2O4. The van der Waals surface area contributed by atoms with Crippen molar-refractivity contribution in [3.05, 3.63) is 65.5 Å². The van der Waals surface area contributed by atoms with Crippen LogP contribution >= 0.6 is 0 Å². The van der Waals surface area contributed by atoms with E-state index in [2.05, 4.69) is 5.32 Å². The number of hydrogen-bond acceptors (Lipinski definition) is 4. The Hall–Kier alpha value is -3.35. The topological polar surface area (TPSA) is 67.9 Å². The van der Waals surface area contributed by atoms with Gasteiger partial charge in [0.05, 0.1) is 0 Å². The molecular weight excluding hydrogens is 375 g/mol. The van der Waals surface area contributed by atoms with Crippen molar-refractivity contribution < 1.29 is 23.5 Å². The number of amides is 2. The summed E-state index contributed by atoms with van der Waals surface area (Å²) in [6, 6.07) is 11.0. The number of hydrogen-bond donors (Lipinski definition) is 1. The summed E-state index contributed by atoms with van der Waals surface area (Å²) in [7, 11) is 0. The molecule has 0 bridgehead atoms. The van der Waals surface area contributed by atoms with Crippen LogP contribution in [0.3, 0.4) is 0 Å². The lowest BCUT2D eigenvalue weighted by Gasteiger charge is -2.31. The number of halogens is 1. The summed E-state index contributed by atoms with van der Waals surface area (Å²) < 4.78 is 23.6. The third-order valence-corrected chi connectivity index (χ3v) is 5.06. The van der Waals surface area contributed by atoms with E-state index in [1.54, 1.807) is 17.1 Å². The first kappa shape index (κ1) is 19.0. The molecule has 1 saturated heterocycles. The molecule has 2 aromatic carbocycles. The van der Waals surface area contributed by atoms with E-state index < -0.39 is 0 Å². The first-order chi connectivity index (χ1) is 14.1. The van der Waals surface area contributed by atoms with Crippen LogP contribution in [-0.4, -0.2) is 42.6 Å². The number of likely N-dealkylation sites (tertiary alicyclic amines) is 1. The van der Waals surface area contributed by atoms with E-state index >= 15 is 0 Å². The van der Waals surface area contributed by atoms with E-state index in [0.717, 1.165) is 5.56 Å². The van der Waals surface area contributed by atoms with Gasteiger partial charge in [-0.15, -0.1) is 0 Å². The Morgan fingerprint density at radius 3 is 2.52 bits per heavy atom. The minimum atomic E-state index is -0.373. The van der Waals surface area contributed by atoms with Crippen molar-refractivity contribution in [3.8, 4) is 11.5 Å². The summed E-state index contributed by atoms with van der Waals surface area (Å²) in [5.74, 6) is 0.723. The van der Waals surface area contributed by atoms with Crippen molar-refractivity contribution in [2.75, 3.05) is 19.9 Å². The minimum Gasteiger partial charge on any atom is -0.454 e. The van der Waals surface area contributed by atoms with Crippen molar-refractivity contribution >= 4 is 17.9 Å². The highest BCUT2D eigenvalue weighted by Gasteiger charge is 2.23. The monoisotopic (exact) mass is 396 g/mol. The van der Waals surface area contributed by atoms with Gasteiger partial charge in [-0.1, -0.05) is 6.07 Å². The molecule has 0 spiro atoms. The predicted octanol–water partition coefficient (Wildman–Crippen LogP) is 2.99. The van der Waals surface area contributed by atoms with Gasteiger partial charge in [0.25, 0.3) is 5.91 Å². The second-order valence-corrected chi connectivity index (χ2v) is 7.03. The number of benzene rings is 2. The van der Waals surface area contributed by atoms with E-state index in [4.69, 9.17) is 9.47 Å². The molecule has 0 radical (unpaired) electrons. The van der Waals surface area contributed by atoms with Crippen LogP contribution in [0.25, 0.3) is 6.08 Å². The van der Waals surface area contributed by atoms with E-state index in [1.165, 1.54) is 24.3 Å². The quantitative estimate of drug-likeness (QED) is 0.807. The standard InChI is InChI=1S/C22H21FN2O4/c23-17-5-3-16(4-6-17)22(27)24-18-9-11-25(12-10-18)21(26)8-2-15-1-7-19-20(13-15)29-14-28-19/h1-8,13,18H,9-12,14H2,(H,24,27). The van der Waals surface area contributed by atoms with Gasteiger partial charge in [0.15, 0.2) is 11.5 Å². The Balaban J connectivity index is 1.27. The smallest absolute Gasteiger partial charge is 0.251 e. The zero-order valence-corrected chi connectivity index (χ0v) is 15.8. The second kappa shape index (κ2) is 8.34. The molecule has 1 fully saturated rings. The molecule has 0 aromatic heterocycles. The van der Waals surface area contributed by atoms with Gasteiger partial charge in [0.1, 0.15) is 5.82 Å². The molecule has 2 aliphatic rings. The number of nitrogens with zero attached hydrogens (tertiary/aromatic N) is 1. The summed E-state index contributed by atoms with van der Waals surface area (Å²) >= 11 is 0. The zero-order chi connectivity index (χ0) is 20.2. The molecule has 150 valence electrons. The van der Waals surface area contributed by atoms with Crippen LogP contribution in [0, 0.1) is 5.82 Å². The van der Waals surface area contributed by atoms with Crippen LogP contribution in [0.15, 0.2) is 48.5 Å². The number of carbonyl (C=O) groups is 2. The van der Waals surface area contributed by atoms with Gasteiger partial charge in [-0.3, -0.25) is 9.59 Å². The predicted molar refractivity (Wildman–Crippen MR) is 105 cm³/mol. The molecule has 6 nitrogen and oxygen atoms in total. The second-order valence-electron chi connectivity index (χ2n) is 7.03. The highest BCUT2D eigenvalue weighted by molar-refractivity contribution is 5.94. The SMILES string of the molecule is O=C(NC1CCN(C(=O)C=Cc2ccc3c(c2)OCO3)CC1)c1ccc(F)cc1. The van der Waals surface area contributed by atoms with Crippen LogP contribution in [0.1, 0.15) is 28.8 Å². The lowest BCUT2D eigenvalue weighted by atomic mass is 10.0. The average molecular weight is 396 g/mol. The van der Waals surface area contributed by atoms with Crippen LogP contribution < -0.4 is 14.8 Å². The van der Waals surface area contributed by atoms with Crippen molar-refractivity contribution in [1.29, 1.82) is 0 Å². The number of carbonyl (C=O) groups excluding carboxylic acids is 2. The van der Waals surface area contributed by atoms with Crippen molar-refractivity contribution in [1.82, 2.24) is 10.2 Å². The molecule has 0 saturated carbocycles. The van der Waals surface area contributed by atoms with Gasteiger partial charge in [0.2, 0.25) is 12.7 Å². The summed E-state index contributed by atoms with van der Waals surface area (Å²) in [4.78, 5) is 26.5. The van der Waals surface area contributed by atoms with Gasteiger partial charge in [0, 0.05) is 30.8 Å². The highest BCUT2D eigenvalue weighted by atomic mass is 19.1. The molecule has 1 N–H and O–H groups in total. The number of fused-ring (bicyclic) bond motifs is 1. The van der Waals surface area contributed by atoms with E-state index in [9.17, 15) is 14.0 Å². The summed E-state index contributed by atoms with van der Waals surface area (Å²) in [6.07, 6.45) is 4.66. The Morgan fingerprint density at radius 2 is 1.76 bits per heavy atom. The third-order valence-electron chi connectivity index (χ3n) is 5.06. The van der Waals surface area contributed by atoms with E-state index in [1.807, 2.05) is 18.2 Å². The molecule has 0 atom stereocenters. The molecule has 2 aliphatic heterocycles. The fourth-order valence-electron chi connectivity index (χ4n) is 3.40. The van der Waals surface area contributed by atoms with Crippen molar-refractivity contribution in [2.45, 2.75) is 18.9 Å². The minimum absolute atomic E-state index is 0.00515. The number of ether oxygens (including phenoxy) is 2. The molecule has 0 aliphatic carbocycles. The van der Waals surface area contributed by atoms with Crippen LogP contribution in [0.2, 0.25) is 0 Å². The van der Waals surface area contributed by atoms with Crippen LogP contribution in [0.4, 0.5) is 4.39 Å². The Morgan fingerprint density at radius 1 is 1.03 bits per heavy atom. The van der Waals surface area contributed by atoms with Gasteiger partial charge < -0.3 is 19.7 Å². The van der Waals surface area contributed by atoms with Crippen molar-refractivity contribution in [2.24, 2.45) is 0 Å². The maximum Gasteiger partial charge on any atom is 0.251 e. The molecule has 7 heteroatoms. The average Bonchev–Trinajstić information content (AvgIpc) is 3.21. The fraction of sp³-hybridized carbons (Fsp3) is 0.273. The molecule has 2 amide bonds. The van der Waals surface area contributed by atoms with Crippen molar-refractivity contribution in [3.63, 3.8) is 0 Å². The lowest BCUT2D eigenvalue weighted by Crippen LogP contribution is -2.46. The first-order valence-corrected chi connectivity index (χ1v) is 9.51. The number of piperidine rings is 1. The molecule has 4 rings (SSSR count). The van der Waals surface area contributed by atoms with E-state index in [0.29, 0.717) is 43.0 Å². The fourth-order valence-corrected chi connectivity index (χ4v) is 3.40.